The smallest absolute Gasteiger partial charge is 0.261 e. The van der Waals surface area contributed by atoms with Crippen LogP contribution in [0.5, 0.6) is 0 Å². The van der Waals surface area contributed by atoms with Gasteiger partial charge in [0.05, 0.1) is 4.88 Å². The van der Waals surface area contributed by atoms with Crippen molar-refractivity contribution in [2.24, 2.45) is 5.92 Å². The highest BCUT2D eigenvalue weighted by atomic mass is 32.1. The van der Waals surface area contributed by atoms with Gasteiger partial charge in [0, 0.05) is 18.0 Å². The summed E-state index contributed by atoms with van der Waals surface area (Å²) in [5.41, 5.74) is 1.18. The van der Waals surface area contributed by atoms with E-state index in [9.17, 15) is 4.79 Å². The van der Waals surface area contributed by atoms with Crippen LogP contribution < -0.4 is 5.32 Å². The minimum atomic E-state index is 0.0165. The molecule has 0 saturated carbocycles. The van der Waals surface area contributed by atoms with Crippen LogP contribution in [0.15, 0.2) is 6.07 Å². The largest absolute Gasteiger partial charge is 0.396 e. The van der Waals surface area contributed by atoms with Gasteiger partial charge in [-0.15, -0.1) is 11.3 Å². The number of rotatable bonds is 6. The number of amides is 1. The Hall–Kier alpha value is -0.870. The maximum Gasteiger partial charge on any atom is 0.261 e. The van der Waals surface area contributed by atoms with Gasteiger partial charge < -0.3 is 10.4 Å². The molecule has 0 radical (unpaired) electrons. The number of aryl methyl sites for hydroxylation is 2. The first-order valence-corrected chi connectivity index (χ1v) is 6.82. The monoisotopic (exact) mass is 255 g/mol. The topological polar surface area (TPSA) is 49.3 Å². The molecule has 3 nitrogen and oxygen atoms in total. The van der Waals surface area contributed by atoms with Crippen molar-refractivity contribution < 1.29 is 9.90 Å². The Morgan fingerprint density at radius 2 is 2.24 bits per heavy atom. The Bertz CT molecular complexity index is 354. The molecule has 0 aliphatic carbocycles. The van der Waals surface area contributed by atoms with Crippen molar-refractivity contribution in [2.75, 3.05) is 13.2 Å². The van der Waals surface area contributed by atoms with Crippen LogP contribution in [0.1, 0.15) is 39.9 Å². The molecule has 0 spiro atoms. The van der Waals surface area contributed by atoms with Crippen LogP contribution in [0.4, 0.5) is 0 Å². The standard InChI is InChI=1S/C13H21NO2S/c1-9(8-15)5-4-6-14-13(16)12-7-10(2)11(3)17-12/h7,9,15H,4-6,8H2,1-3H3,(H,14,16). The predicted molar refractivity (Wildman–Crippen MR) is 71.6 cm³/mol. The molecule has 0 aliphatic heterocycles. The molecule has 1 atom stereocenters. The lowest BCUT2D eigenvalue weighted by atomic mass is 10.1. The number of thiophene rings is 1. The van der Waals surface area contributed by atoms with E-state index in [2.05, 4.69) is 5.32 Å². The van der Waals surface area contributed by atoms with Gasteiger partial charge in [0.25, 0.3) is 5.91 Å². The zero-order valence-electron chi connectivity index (χ0n) is 10.7. The molecule has 2 N–H and O–H groups in total. The van der Waals surface area contributed by atoms with E-state index < -0.39 is 0 Å². The highest BCUT2D eigenvalue weighted by molar-refractivity contribution is 7.14. The Balaban J connectivity index is 2.30. The van der Waals surface area contributed by atoms with E-state index in [0.717, 1.165) is 17.7 Å². The SMILES string of the molecule is Cc1cc(C(=O)NCCCC(C)CO)sc1C. The first kappa shape index (κ1) is 14.2. The average Bonchev–Trinajstić information content (AvgIpc) is 2.64. The van der Waals surface area contributed by atoms with Crippen LogP contribution in [0.25, 0.3) is 0 Å². The third kappa shape index (κ3) is 4.48. The van der Waals surface area contributed by atoms with Crippen LogP contribution in [0, 0.1) is 19.8 Å². The molecule has 0 aromatic carbocycles. The number of hydrogen-bond acceptors (Lipinski definition) is 3. The van der Waals surface area contributed by atoms with Gasteiger partial charge in [-0.3, -0.25) is 4.79 Å². The van der Waals surface area contributed by atoms with E-state index in [4.69, 9.17) is 5.11 Å². The molecule has 1 aromatic heterocycles. The van der Waals surface area contributed by atoms with Crippen LogP contribution in [0.3, 0.4) is 0 Å². The molecule has 1 aromatic rings. The lowest BCUT2D eigenvalue weighted by Crippen LogP contribution is -2.24. The van der Waals surface area contributed by atoms with Crippen molar-refractivity contribution in [3.8, 4) is 0 Å². The second kappa shape index (κ2) is 6.77. The third-order valence-electron chi connectivity index (χ3n) is 2.86. The molecular weight excluding hydrogens is 234 g/mol. The Morgan fingerprint density at radius 1 is 1.53 bits per heavy atom. The first-order valence-electron chi connectivity index (χ1n) is 6.00. The van der Waals surface area contributed by atoms with E-state index in [1.165, 1.54) is 21.8 Å². The van der Waals surface area contributed by atoms with Gasteiger partial charge in [-0.2, -0.15) is 0 Å². The first-order chi connectivity index (χ1) is 8.04. The molecule has 0 aliphatic rings. The van der Waals surface area contributed by atoms with Crippen LogP contribution >= 0.6 is 11.3 Å². The zero-order chi connectivity index (χ0) is 12.8. The van der Waals surface area contributed by atoms with E-state index >= 15 is 0 Å². The van der Waals surface area contributed by atoms with Gasteiger partial charge in [-0.25, -0.2) is 0 Å². The van der Waals surface area contributed by atoms with E-state index in [1.807, 2.05) is 26.8 Å². The van der Waals surface area contributed by atoms with Crippen molar-refractivity contribution in [1.29, 1.82) is 0 Å². The van der Waals surface area contributed by atoms with Gasteiger partial charge in [0.2, 0.25) is 0 Å². The number of aliphatic hydroxyl groups excluding tert-OH is 1. The summed E-state index contributed by atoms with van der Waals surface area (Å²) in [6.45, 7) is 6.95. The number of carbonyl (C=O) groups excluding carboxylic acids is 1. The molecule has 4 heteroatoms. The molecule has 0 bridgehead atoms. The van der Waals surface area contributed by atoms with E-state index in [0.29, 0.717) is 12.5 Å². The fraction of sp³-hybridized carbons (Fsp3) is 0.615. The summed E-state index contributed by atoms with van der Waals surface area (Å²) in [7, 11) is 0. The Kier molecular flexibility index (Phi) is 5.65. The van der Waals surface area contributed by atoms with Gasteiger partial charge in [-0.1, -0.05) is 6.92 Å². The number of carbonyl (C=O) groups is 1. The summed E-state index contributed by atoms with van der Waals surface area (Å²) in [5, 5.41) is 11.8. The quantitative estimate of drug-likeness (QED) is 0.767. The molecule has 1 amide bonds. The summed E-state index contributed by atoms with van der Waals surface area (Å²) >= 11 is 1.54. The number of nitrogens with one attached hydrogen (secondary N) is 1. The Morgan fingerprint density at radius 3 is 2.76 bits per heavy atom. The third-order valence-corrected chi connectivity index (χ3v) is 4.01. The second-order valence-corrected chi connectivity index (χ2v) is 5.79. The molecule has 1 unspecified atom stereocenters. The number of aliphatic hydroxyl groups is 1. The van der Waals surface area contributed by atoms with Crippen molar-refractivity contribution in [3.05, 3.63) is 21.4 Å². The zero-order valence-corrected chi connectivity index (χ0v) is 11.6. The van der Waals surface area contributed by atoms with Crippen molar-refractivity contribution in [2.45, 2.75) is 33.6 Å². The average molecular weight is 255 g/mol. The van der Waals surface area contributed by atoms with Crippen LogP contribution in [-0.2, 0) is 0 Å². The molecule has 1 rings (SSSR count). The fourth-order valence-electron chi connectivity index (χ4n) is 1.52. The van der Waals surface area contributed by atoms with E-state index in [-0.39, 0.29) is 12.5 Å². The maximum absolute atomic E-state index is 11.8. The highest BCUT2D eigenvalue weighted by Gasteiger charge is 2.09. The summed E-state index contributed by atoms with van der Waals surface area (Å²) < 4.78 is 0. The minimum Gasteiger partial charge on any atom is -0.396 e. The normalized spacial score (nSPS) is 12.5. The minimum absolute atomic E-state index is 0.0165. The lowest BCUT2D eigenvalue weighted by molar-refractivity contribution is 0.0956. The summed E-state index contributed by atoms with van der Waals surface area (Å²) in [4.78, 5) is 13.8. The molecule has 0 fully saturated rings. The predicted octanol–water partition coefficient (Wildman–Crippen LogP) is 2.50. The summed E-state index contributed by atoms with van der Waals surface area (Å²) in [6.07, 6.45) is 1.86. The van der Waals surface area contributed by atoms with Gasteiger partial charge in [-0.05, 0) is 44.2 Å². The summed E-state index contributed by atoms with van der Waals surface area (Å²) in [5.74, 6) is 0.334. The molecule has 96 valence electrons. The Labute approximate surface area is 107 Å². The molecule has 0 saturated heterocycles. The molecular formula is C13H21NO2S. The lowest BCUT2D eigenvalue weighted by Gasteiger charge is -2.07. The highest BCUT2D eigenvalue weighted by Crippen LogP contribution is 2.20. The fourth-order valence-corrected chi connectivity index (χ4v) is 2.47. The molecule has 17 heavy (non-hydrogen) atoms. The van der Waals surface area contributed by atoms with Crippen LogP contribution in [-0.4, -0.2) is 24.2 Å². The van der Waals surface area contributed by atoms with Gasteiger partial charge >= 0.3 is 0 Å². The van der Waals surface area contributed by atoms with Crippen molar-refractivity contribution >= 4 is 17.2 Å². The number of hydrogen-bond donors (Lipinski definition) is 2. The van der Waals surface area contributed by atoms with E-state index in [1.54, 1.807) is 0 Å². The van der Waals surface area contributed by atoms with Gasteiger partial charge in [0.1, 0.15) is 0 Å². The second-order valence-electron chi connectivity index (χ2n) is 4.54. The van der Waals surface area contributed by atoms with Gasteiger partial charge in [0.15, 0.2) is 0 Å². The van der Waals surface area contributed by atoms with Crippen molar-refractivity contribution in [3.63, 3.8) is 0 Å². The van der Waals surface area contributed by atoms with Crippen molar-refractivity contribution in [1.82, 2.24) is 5.32 Å². The maximum atomic E-state index is 11.8. The summed E-state index contributed by atoms with van der Waals surface area (Å²) in [6, 6.07) is 1.94. The molecule has 1 heterocycles. The van der Waals surface area contributed by atoms with Crippen LogP contribution in [0.2, 0.25) is 0 Å².